The molecule has 0 saturated carbocycles. The normalized spacial score (nSPS) is 23.5. The zero-order chi connectivity index (χ0) is 22.2. The molecule has 0 aliphatic carbocycles. The molecule has 2 aromatic carbocycles. The molecule has 3 aliphatic heterocycles. The number of nitrogens with two attached hydrogens (primary N) is 1. The standard InChI is InChI=1S/C25H28N4O3/c26-12-16-4-6-17(7-5-16)18-10-11-28(13-18)14-19-2-1-3-20-21(19)15-29(25(20)32)22-8-9-23(30)27-24(22)31/h1-7,18,22H,8-15,26H2,(H,27,30,31). The highest BCUT2D eigenvalue weighted by Gasteiger charge is 2.40. The molecule has 0 aromatic heterocycles. The number of likely N-dealkylation sites (tertiary alicyclic amines) is 1. The lowest BCUT2D eigenvalue weighted by molar-refractivity contribution is -0.136. The minimum Gasteiger partial charge on any atom is -0.326 e. The monoisotopic (exact) mass is 432 g/mol. The summed E-state index contributed by atoms with van der Waals surface area (Å²) in [6, 6.07) is 13.9. The molecule has 3 N–H and O–H groups in total. The molecule has 2 atom stereocenters. The van der Waals surface area contributed by atoms with E-state index in [2.05, 4.69) is 40.5 Å². The second-order valence-electron chi connectivity index (χ2n) is 9.01. The van der Waals surface area contributed by atoms with E-state index in [4.69, 9.17) is 5.73 Å². The fraction of sp³-hybridized carbons (Fsp3) is 0.400. The zero-order valence-electron chi connectivity index (χ0n) is 18.0. The number of hydrogen-bond acceptors (Lipinski definition) is 5. The number of amides is 3. The number of carbonyl (C=O) groups is 3. The van der Waals surface area contributed by atoms with Gasteiger partial charge in [-0.25, -0.2) is 0 Å². The van der Waals surface area contributed by atoms with Gasteiger partial charge in [0.1, 0.15) is 6.04 Å². The molecule has 7 nitrogen and oxygen atoms in total. The summed E-state index contributed by atoms with van der Waals surface area (Å²) >= 11 is 0. The number of benzene rings is 2. The Balaban J connectivity index is 1.29. The number of nitrogens with one attached hydrogen (secondary N) is 1. The molecule has 166 valence electrons. The van der Waals surface area contributed by atoms with Gasteiger partial charge < -0.3 is 10.6 Å². The molecule has 3 heterocycles. The smallest absolute Gasteiger partial charge is 0.255 e. The first kappa shape index (κ1) is 20.8. The largest absolute Gasteiger partial charge is 0.326 e. The Morgan fingerprint density at radius 1 is 1.03 bits per heavy atom. The third-order valence-electron chi connectivity index (χ3n) is 7.03. The summed E-state index contributed by atoms with van der Waals surface area (Å²) in [7, 11) is 0. The van der Waals surface area contributed by atoms with Crippen LogP contribution in [0.3, 0.4) is 0 Å². The Kier molecular flexibility index (Phi) is 5.53. The van der Waals surface area contributed by atoms with Crippen LogP contribution in [0, 0.1) is 0 Å². The highest BCUT2D eigenvalue weighted by atomic mass is 16.2. The van der Waals surface area contributed by atoms with Crippen molar-refractivity contribution in [1.29, 1.82) is 0 Å². The van der Waals surface area contributed by atoms with Gasteiger partial charge in [-0.2, -0.15) is 0 Å². The van der Waals surface area contributed by atoms with E-state index in [-0.39, 0.29) is 24.1 Å². The lowest BCUT2D eigenvalue weighted by Gasteiger charge is -2.29. The summed E-state index contributed by atoms with van der Waals surface area (Å²) in [5.74, 6) is -0.250. The van der Waals surface area contributed by atoms with Crippen molar-refractivity contribution < 1.29 is 14.4 Å². The molecular formula is C25H28N4O3. The second kappa shape index (κ2) is 8.48. The van der Waals surface area contributed by atoms with Crippen LogP contribution in [0.5, 0.6) is 0 Å². The molecule has 0 radical (unpaired) electrons. The molecule has 2 unspecified atom stereocenters. The summed E-state index contributed by atoms with van der Waals surface area (Å²) < 4.78 is 0. The van der Waals surface area contributed by atoms with E-state index in [1.807, 2.05) is 12.1 Å². The van der Waals surface area contributed by atoms with Crippen LogP contribution in [0.4, 0.5) is 0 Å². The van der Waals surface area contributed by atoms with Gasteiger partial charge in [0.25, 0.3) is 5.91 Å². The van der Waals surface area contributed by atoms with Crippen molar-refractivity contribution in [3.8, 4) is 0 Å². The fourth-order valence-electron chi connectivity index (χ4n) is 5.21. The van der Waals surface area contributed by atoms with Crippen molar-refractivity contribution in [1.82, 2.24) is 15.1 Å². The lowest BCUT2D eigenvalue weighted by Crippen LogP contribution is -2.52. The van der Waals surface area contributed by atoms with Gasteiger partial charge >= 0.3 is 0 Å². The average molecular weight is 433 g/mol. The van der Waals surface area contributed by atoms with Gasteiger partial charge in [0, 0.05) is 38.2 Å². The van der Waals surface area contributed by atoms with Crippen molar-refractivity contribution in [3.05, 3.63) is 70.3 Å². The number of rotatable bonds is 5. The van der Waals surface area contributed by atoms with Crippen LogP contribution in [-0.2, 0) is 29.2 Å². The molecule has 2 aromatic rings. The fourth-order valence-corrected chi connectivity index (χ4v) is 5.21. The maximum absolute atomic E-state index is 13.0. The van der Waals surface area contributed by atoms with Crippen LogP contribution in [0.2, 0.25) is 0 Å². The SMILES string of the molecule is NCc1ccc(C2CCN(Cc3cccc4c3CN(C3CCC(=O)NC3=O)C4=O)C2)cc1. The van der Waals surface area contributed by atoms with Gasteiger partial charge in [-0.1, -0.05) is 36.4 Å². The van der Waals surface area contributed by atoms with E-state index in [0.29, 0.717) is 31.0 Å². The summed E-state index contributed by atoms with van der Waals surface area (Å²) in [4.78, 5) is 40.9. The third kappa shape index (κ3) is 3.82. The quantitative estimate of drug-likeness (QED) is 0.704. The van der Waals surface area contributed by atoms with Crippen LogP contribution in [0.15, 0.2) is 42.5 Å². The first-order chi connectivity index (χ1) is 15.5. The molecule has 5 rings (SSSR count). The van der Waals surface area contributed by atoms with Crippen molar-refractivity contribution in [3.63, 3.8) is 0 Å². The van der Waals surface area contributed by atoms with Gasteiger partial charge in [0.2, 0.25) is 11.8 Å². The van der Waals surface area contributed by atoms with Gasteiger partial charge in [-0.05, 0) is 53.6 Å². The number of carbonyl (C=O) groups excluding carboxylic acids is 3. The molecule has 7 heteroatoms. The molecule has 3 aliphatic rings. The first-order valence-electron chi connectivity index (χ1n) is 11.3. The Hall–Kier alpha value is -3.03. The third-order valence-corrected chi connectivity index (χ3v) is 7.03. The minimum absolute atomic E-state index is 0.115. The Morgan fingerprint density at radius 2 is 1.84 bits per heavy atom. The van der Waals surface area contributed by atoms with Crippen molar-refractivity contribution in [2.45, 2.75) is 50.9 Å². The Bertz CT molecular complexity index is 1070. The Morgan fingerprint density at radius 3 is 2.59 bits per heavy atom. The van der Waals surface area contributed by atoms with E-state index in [0.717, 1.165) is 42.7 Å². The van der Waals surface area contributed by atoms with Crippen LogP contribution in [-0.4, -0.2) is 46.7 Å². The number of nitrogens with zero attached hydrogens (tertiary/aromatic N) is 2. The zero-order valence-corrected chi connectivity index (χ0v) is 18.0. The van der Waals surface area contributed by atoms with Gasteiger partial charge in [0.15, 0.2) is 0 Å². The number of imide groups is 1. The molecule has 2 fully saturated rings. The molecule has 0 bridgehead atoms. The predicted molar refractivity (Wildman–Crippen MR) is 119 cm³/mol. The second-order valence-corrected chi connectivity index (χ2v) is 9.01. The lowest BCUT2D eigenvalue weighted by atomic mass is 9.97. The van der Waals surface area contributed by atoms with Gasteiger partial charge in [0.05, 0.1) is 0 Å². The van der Waals surface area contributed by atoms with E-state index in [1.54, 1.807) is 4.90 Å². The van der Waals surface area contributed by atoms with Crippen LogP contribution in [0.25, 0.3) is 0 Å². The predicted octanol–water partition coefficient (Wildman–Crippen LogP) is 1.90. The average Bonchev–Trinajstić information content (AvgIpc) is 3.39. The number of piperidine rings is 1. The molecule has 2 saturated heterocycles. The molecule has 3 amide bonds. The first-order valence-corrected chi connectivity index (χ1v) is 11.3. The summed E-state index contributed by atoms with van der Waals surface area (Å²) in [6.45, 7) is 3.77. The van der Waals surface area contributed by atoms with Crippen LogP contribution in [0.1, 0.15) is 57.8 Å². The number of hydrogen-bond donors (Lipinski definition) is 2. The minimum atomic E-state index is -0.576. The van der Waals surface area contributed by atoms with Crippen molar-refractivity contribution in [2.75, 3.05) is 13.1 Å². The van der Waals surface area contributed by atoms with Crippen molar-refractivity contribution >= 4 is 17.7 Å². The van der Waals surface area contributed by atoms with E-state index in [9.17, 15) is 14.4 Å². The van der Waals surface area contributed by atoms with E-state index >= 15 is 0 Å². The highest BCUT2D eigenvalue weighted by Crippen LogP contribution is 2.33. The van der Waals surface area contributed by atoms with E-state index in [1.165, 1.54) is 5.56 Å². The topological polar surface area (TPSA) is 95.7 Å². The maximum atomic E-state index is 13.0. The Labute approximate surface area is 187 Å². The number of fused-ring (bicyclic) bond motifs is 1. The van der Waals surface area contributed by atoms with Crippen molar-refractivity contribution in [2.24, 2.45) is 5.73 Å². The molecule has 32 heavy (non-hydrogen) atoms. The summed E-state index contributed by atoms with van der Waals surface area (Å²) in [5.41, 5.74) is 11.0. The van der Waals surface area contributed by atoms with Gasteiger partial charge in [-0.3, -0.25) is 24.6 Å². The van der Waals surface area contributed by atoms with Crippen LogP contribution >= 0.6 is 0 Å². The summed E-state index contributed by atoms with van der Waals surface area (Å²) in [5, 5.41) is 2.37. The molecule has 0 spiro atoms. The highest BCUT2D eigenvalue weighted by molar-refractivity contribution is 6.05. The van der Waals surface area contributed by atoms with E-state index < -0.39 is 6.04 Å². The maximum Gasteiger partial charge on any atom is 0.255 e. The molecular weight excluding hydrogens is 404 g/mol. The van der Waals surface area contributed by atoms with Crippen LogP contribution < -0.4 is 11.1 Å². The van der Waals surface area contributed by atoms with Gasteiger partial charge in [-0.15, -0.1) is 0 Å². The summed E-state index contributed by atoms with van der Waals surface area (Å²) in [6.07, 6.45) is 1.76.